The number of nitrogens with one attached hydrogen (secondary N) is 1. The minimum Gasteiger partial charge on any atom is -0.493 e. The van der Waals surface area contributed by atoms with E-state index in [4.69, 9.17) is 9.47 Å². The third-order valence-corrected chi connectivity index (χ3v) is 4.43. The third kappa shape index (κ3) is 4.71. The fourth-order valence-corrected chi connectivity index (χ4v) is 2.94. The number of rotatable bonds is 7. The van der Waals surface area contributed by atoms with Crippen molar-refractivity contribution in [2.75, 3.05) is 18.7 Å². The van der Waals surface area contributed by atoms with Crippen LogP contribution in [0.15, 0.2) is 30.3 Å². The number of hydroxylamine groups is 1. The highest BCUT2D eigenvalue weighted by Crippen LogP contribution is 2.32. The van der Waals surface area contributed by atoms with Gasteiger partial charge in [0, 0.05) is 7.05 Å². The molecule has 0 heterocycles. The maximum Gasteiger partial charge on any atom is 0.345 e. The van der Waals surface area contributed by atoms with Gasteiger partial charge in [0.1, 0.15) is 18.1 Å². The van der Waals surface area contributed by atoms with E-state index in [1.54, 1.807) is 18.2 Å². The molecule has 0 saturated heterocycles. The molecule has 6 heteroatoms. The zero-order valence-corrected chi connectivity index (χ0v) is 16.6. The number of carbonyl (C=O) groups is 1. The number of hydrogen-bond donors (Lipinski definition) is 2. The molecule has 146 valence electrons. The Morgan fingerprint density at radius 2 is 1.85 bits per heavy atom. The molecular formula is C21H28N2O4. The Hall–Kier alpha value is -2.73. The molecule has 0 atom stereocenters. The van der Waals surface area contributed by atoms with Crippen LogP contribution >= 0.6 is 0 Å². The van der Waals surface area contributed by atoms with Crippen LogP contribution in [0.2, 0.25) is 0 Å². The maximum atomic E-state index is 11.9. The monoisotopic (exact) mass is 372 g/mol. The van der Waals surface area contributed by atoms with E-state index in [-0.39, 0.29) is 6.61 Å². The summed E-state index contributed by atoms with van der Waals surface area (Å²) in [5.41, 5.74) is 4.42. The van der Waals surface area contributed by atoms with Crippen molar-refractivity contribution < 1.29 is 19.5 Å². The molecule has 0 aliphatic rings. The van der Waals surface area contributed by atoms with Crippen molar-refractivity contribution in [3.05, 3.63) is 52.6 Å². The predicted octanol–water partition coefficient (Wildman–Crippen LogP) is 4.38. The van der Waals surface area contributed by atoms with Crippen LogP contribution < -0.4 is 19.9 Å². The highest BCUT2D eigenvalue weighted by molar-refractivity contribution is 5.90. The van der Waals surface area contributed by atoms with Gasteiger partial charge in [-0.1, -0.05) is 19.1 Å². The zero-order chi connectivity index (χ0) is 20.0. The number of carbonyl (C=O) groups excluding carboxylic acids is 1. The van der Waals surface area contributed by atoms with Crippen molar-refractivity contribution in [3.63, 3.8) is 0 Å². The minimum absolute atomic E-state index is 0.158. The molecule has 2 aromatic carbocycles. The third-order valence-electron chi connectivity index (χ3n) is 4.43. The lowest BCUT2D eigenvalue weighted by Crippen LogP contribution is -2.36. The number of aryl methyl sites for hydroxylation is 3. The number of anilines is 1. The number of urea groups is 1. The second-order valence-corrected chi connectivity index (χ2v) is 6.24. The van der Waals surface area contributed by atoms with Crippen molar-refractivity contribution >= 4 is 11.7 Å². The van der Waals surface area contributed by atoms with Crippen LogP contribution in [0, 0.1) is 13.8 Å². The molecule has 0 unspecified atom stereocenters. The van der Waals surface area contributed by atoms with Crippen LogP contribution in [0.1, 0.15) is 36.1 Å². The van der Waals surface area contributed by atoms with Gasteiger partial charge < -0.3 is 14.8 Å². The van der Waals surface area contributed by atoms with Gasteiger partial charge in [0.15, 0.2) is 0 Å². The summed E-state index contributed by atoms with van der Waals surface area (Å²) >= 11 is 0. The van der Waals surface area contributed by atoms with E-state index in [0.717, 1.165) is 17.7 Å². The lowest BCUT2D eigenvalue weighted by Gasteiger charge is -2.21. The van der Waals surface area contributed by atoms with E-state index in [1.807, 2.05) is 19.9 Å². The molecule has 0 fully saturated rings. The minimum atomic E-state index is -0.635. The summed E-state index contributed by atoms with van der Waals surface area (Å²) in [6, 6.07) is 8.68. The zero-order valence-electron chi connectivity index (χ0n) is 16.6. The summed E-state index contributed by atoms with van der Waals surface area (Å²) in [5, 5.41) is 13.2. The summed E-state index contributed by atoms with van der Waals surface area (Å²) < 4.78 is 11.7. The maximum absolute atomic E-state index is 11.9. The lowest BCUT2D eigenvalue weighted by atomic mass is 10.0. The Labute approximate surface area is 160 Å². The van der Waals surface area contributed by atoms with E-state index in [2.05, 4.69) is 25.2 Å². The van der Waals surface area contributed by atoms with Crippen LogP contribution in [-0.4, -0.2) is 24.9 Å². The number of nitrogens with zero attached hydrogens (tertiary/aromatic N) is 1. The van der Waals surface area contributed by atoms with Crippen LogP contribution in [0.3, 0.4) is 0 Å². The van der Waals surface area contributed by atoms with Gasteiger partial charge in [0.05, 0.1) is 17.9 Å². The first-order valence-electron chi connectivity index (χ1n) is 9.11. The fourth-order valence-electron chi connectivity index (χ4n) is 2.94. The van der Waals surface area contributed by atoms with Gasteiger partial charge >= 0.3 is 6.03 Å². The molecule has 2 N–H and O–H groups in total. The van der Waals surface area contributed by atoms with E-state index in [1.165, 1.54) is 18.2 Å². The predicted molar refractivity (Wildman–Crippen MR) is 106 cm³/mol. The van der Waals surface area contributed by atoms with E-state index < -0.39 is 6.03 Å². The second-order valence-electron chi connectivity index (χ2n) is 6.24. The van der Waals surface area contributed by atoms with E-state index in [9.17, 15) is 10.0 Å². The van der Waals surface area contributed by atoms with Gasteiger partial charge in [-0.2, -0.15) is 5.06 Å². The molecule has 0 spiro atoms. The standard InChI is InChI=1S/C21H28N2O4/c1-6-16-11-15(4)20(12-14(16)3)27-13-17-18(23(25)21(24)22-5)9-8-10-19(17)26-7-2/h8-12,25H,6-7,13H2,1-5H3,(H,22,24). The molecule has 0 radical (unpaired) electrons. The van der Waals surface area contributed by atoms with Gasteiger partial charge in [0.2, 0.25) is 0 Å². The first kappa shape index (κ1) is 20.6. The van der Waals surface area contributed by atoms with Gasteiger partial charge in [-0.15, -0.1) is 0 Å². The summed E-state index contributed by atoms with van der Waals surface area (Å²) in [4.78, 5) is 11.9. The molecule has 0 saturated carbocycles. The Kier molecular flexibility index (Phi) is 7.07. The smallest absolute Gasteiger partial charge is 0.345 e. The summed E-state index contributed by atoms with van der Waals surface area (Å²) in [7, 11) is 1.45. The average molecular weight is 372 g/mol. The molecule has 0 aromatic heterocycles. The molecule has 2 amide bonds. The van der Waals surface area contributed by atoms with Gasteiger partial charge in [-0.05, 0) is 62.1 Å². The number of amides is 2. The average Bonchev–Trinajstić information content (AvgIpc) is 2.67. The number of benzene rings is 2. The topological polar surface area (TPSA) is 71.0 Å². The van der Waals surface area contributed by atoms with Crippen LogP contribution in [0.4, 0.5) is 10.5 Å². The van der Waals surface area contributed by atoms with Gasteiger partial charge in [-0.25, -0.2) is 4.79 Å². The van der Waals surface area contributed by atoms with Crippen molar-refractivity contribution in [2.24, 2.45) is 0 Å². The van der Waals surface area contributed by atoms with Crippen LogP contribution in [-0.2, 0) is 13.0 Å². The second kappa shape index (κ2) is 9.28. The summed E-state index contributed by atoms with van der Waals surface area (Å²) in [6.45, 7) is 8.69. The Balaban J connectivity index is 2.36. The Morgan fingerprint density at radius 1 is 1.11 bits per heavy atom. The number of ether oxygens (including phenoxy) is 2. The highest BCUT2D eigenvalue weighted by atomic mass is 16.5. The molecular weight excluding hydrogens is 344 g/mol. The van der Waals surface area contributed by atoms with Crippen LogP contribution in [0.25, 0.3) is 0 Å². The largest absolute Gasteiger partial charge is 0.493 e. The van der Waals surface area contributed by atoms with Crippen molar-refractivity contribution in [2.45, 2.75) is 40.7 Å². The molecule has 6 nitrogen and oxygen atoms in total. The highest BCUT2D eigenvalue weighted by Gasteiger charge is 2.20. The molecule has 0 aliphatic heterocycles. The molecule has 27 heavy (non-hydrogen) atoms. The molecule has 0 bridgehead atoms. The van der Waals surface area contributed by atoms with Crippen molar-refractivity contribution in [3.8, 4) is 11.5 Å². The Bertz CT molecular complexity index is 805. The first-order chi connectivity index (χ1) is 12.9. The lowest BCUT2D eigenvalue weighted by molar-refractivity contribution is 0.205. The summed E-state index contributed by atoms with van der Waals surface area (Å²) in [5.74, 6) is 1.34. The number of hydrogen-bond acceptors (Lipinski definition) is 4. The van der Waals surface area contributed by atoms with Crippen molar-refractivity contribution in [1.82, 2.24) is 5.32 Å². The molecule has 2 aromatic rings. The molecule has 0 aliphatic carbocycles. The van der Waals surface area contributed by atoms with Gasteiger partial charge in [-0.3, -0.25) is 5.21 Å². The SMILES string of the molecule is CCOc1cccc(N(O)C(=O)NC)c1COc1cc(C)c(CC)cc1C. The Morgan fingerprint density at radius 3 is 2.48 bits per heavy atom. The van der Waals surface area contributed by atoms with Crippen molar-refractivity contribution in [1.29, 1.82) is 0 Å². The van der Waals surface area contributed by atoms with Crippen LogP contribution in [0.5, 0.6) is 11.5 Å². The fraction of sp³-hybridized carbons (Fsp3) is 0.381. The van der Waals surface area contributed by atoms with Gasteiger partial charge in [0.25, 0.3) is 0 Å². The molecule has 2 rings (SSSR count). The quantitative estimate of drug-likeness (QED) is 0.559. The first-order valence-corrected chi connectivity index (χ1v) is 9.11. The van der Waals surface area contributed by atoms with E-state index in [0.29, 0.717) is 28.7 Å². The van der Waals surface area contributed by atoms with E-state index >= 15 is 0 Å². The normalized spacial score (nSPS) is 10.4. The summed E-state index contributed by atoms with van der Waals surface area (Å²) in [6.07, 6.45) is 0.968.